The van der Waals surface area contributed by atoms with Crippen molar-refractivity contribution in [3.8, 4) is 17.4 Å². The molecular weight excluding hydrogens is 308 g/mol. The van der Waals surface area contributed by atoms with Gasteiger partial charge in [-0.25, -0.2) is 4.98 Å². The Bertz CT molecular complexity index is 708. The molecule has 96 valence electrons. The molecule has 0 aliphatic carbocycles. The van der Waals surface area contributed by atoms with Crippen molar-refractivity contribution in [2.24, 2.45) is 0 Å². The number of nitrogens with zero attached hydrogens (tertiary/aromatic N) is 3. The molecule has 0 aliphatic heterocycles. The Kier molecular flexibility index (Phi) is 3.16. The molecule has 0 bridgehead atoms. The molecule has 6 heteroatoms. The van der Waals surface area contributed by atoms with Crippen molar-refractivity contribution in [1.82, 2.24) is 19.9 Å². The largest absolute Gasteiger partial charge is 0.478 e. The van der Waals surface area contributed by atoms with Gasteiger partial charge in [-0.3, -0.25) is 4.98 Å². The maximum absolute atomic E-state index is 5.36. The van der Waals surface area contributed by atoms with Gasteiger partial charge in [0.1, 0.15) is 5.69 Å². The van der Waals surface area contributed by atoms with E-state index in [-0.39, 0.29) is 0 Å². The average molecular weight is 319 g/mol. The summed E-state index contributed by atoms with van der Waals surface area (Å²) >= 11 is 3.36. The first-order chi connectivity index (χ1) is 9.26. The number of ether oxygens (including phenoxy) is 1. The maximum Gasteiger partial charge on any atom is 0.215 e. The second kappa shape index (κ2) is 4.97. The van der Waals surface area contributed by atoms with Crippen LogP contribution in [0.25, 0.3) is 22.7 Å². The summed E-state index contributed by atoms with van der Waals surface area (Å²) in [7, 11) is 0. The van der Waals surface area contributed by atoms with Crippen molar-refractivity contribution in [2.75, 3.05) is 6.61 Å². The van der Waals surface area contributed by atoms with Crippen LogP contribution in [0, 0.1) is 0 Å². The number of aromatic amines is 1. The summed E-state index contributed by atoms with van der Waals surface area (Å²) in [6.45, 7) is 2.51. The molecule has 1 N–H and O–H groups in total. The third-order valence-corrected chi connectivity index (χ3v) is 3.05. The Hall–Kier alpha value is -1.95. The van der Waals surface area contributed by atoms with Crippen LogP contribution in [0.4, 0.5) is 0 Å². The Morgan fingerprint density at radius 1 is 1.21 bits per heavy atom. The lowest BCUT2D eigenvalue weighted by Gasteiger charge is -1.99. The smallest absolute Gasteiger partial charge is 0.215 e. The lowest BCUT2D eigenvalue weighted by Crippen LogP contribution is -1.93. The molecule has 0 saturated heterocycles. The minimum Gasteiger partial charge on any atom is -0.478 e. The zero-order valence-electron chi connectivity index (χ0n) is 10.2. The fraction of sp³-hybridized carbons (Fsp3) is 0.154. The number of hydrogen-bond donors (Lipinski definition) is 1. The van der Waals surface area contributed by atoms with E-state index >= 15 is 0 Å². The van der Waals surface area contributed by atoms with E-state index in [0.717, 1.165) is 15.7 Å². The second-order valence-corrected chi connectivity index (χ2v) is 4.82. The van der Waals surface area contributed by atoms with Gasteiger partial charge in [0.05, 0.1) is 12.1 Å². The fourth-order valence-corrected chi connectivity index (χ4v) is 1.98. The number of hydrogen-bond acceptors (Lipinski definition) is 4. The summed E-state index contributed by atoms with van der Waals surface area (Å²) in [5.41, 5.74) is 2.27. The van der Waals surface area contributed by atoms with Gasteiger partial charge >= 0.3 is 0 Å². The van der Waals surface area contributed by atoms with Gasteiger partial charge in [-0.2, -0.15) is 4.98 Å². The van der Waals surface area contributed by atoms with Crippen LogP contribution in [0.15, 0.2) is 34.9 Å². The highest BCUT2D eigenvalue weighted by atomic mass is 79.9. The van der Waals surface area contributed by atoms with Gasteiger partial charge in [0, 0.05) is 16.7 Å². The lowest BCUT2D eigenvalue weighted by molar-refractivity contribution is 0.328. The maximum atomic E-state index is 5.36. The first-order valence-corrected chi connectivity index (χ1v) is 6.67. The lowest BCUT2D eigenvalue weighted by atomic mass is 10.3. The number of imidazole rings is 1. The molecule has 0 fully saturated rings. The van der Waals surface area contributed by atoms with E-state index in [1.54, 1.807) is 6.20 Å². The molecular formula is C13H11BrN4O. The fourth-order valence-electron chi connectivity index (χ4n) is 1.74. The molecule has 0 aliphatic rings. The second-order valence-electron chi connectivity index (χ2n) is 3.90. The average Bonchev–Trinajstić information content (AvgIpc) is 2.83. The van der Waals surface area contributed by atoms with Crippen LogP contribution in [-0.2, 0) is 0 Å². The number of H-pyrrole nitrogens is 1. The SMILES string of the molecule is CCOc1ccc2[nH]c(-c3ccc(Br)cn3)nc2n1. The molecule has 0 spiro atoms. The number of halogens is 1. The Labute approximate surface area is 118 Å². The van der Waals surface area contributed by atoms with Crippen molar-refractivity contribution in [3.63, 3.8) is 0 Å². The van der Waals surface area contributed by atoms with Crippen molar-refractivity contribution in [3.05, 3.63) is 34.9 Å². The van der Waals surface area contributed by atoms with Gasteiger partial charge in [0.2, 0.25) is 5.88 Å². The molecule has 0 atom stereocenters. The molecule has 3 heterocycles. The van der Waals surface area contributed by atoms with Crippen LogP contribution in [-0.4, -0.2) is 26.5 Å². The molecule has 0 amide bonds. The minimum absolute atomic E-state index is 0.580. The number of aromatic nitrogens is 4. The summed E-state index contributed by atoms with van der Waals surface area (Å²) in [5, 5.41) is 0. The normalized spacial score (nSPS) is 10.8. The highest BCUT2D eigenvalue weighted by Crippen LogP contribution is 2.20. The van der Waals surface area contributed by atoms with Crippen LogP contribution in [0.5, 0.6) is 5.88 Å². The molecule has 5 nitrogen and oxygen atoms in total. The molecule has 0 saturated carbocycles. The van der Waals surface area contributed by atoms with Crippen LogP contribution >= 0.6 is 15.9 Å². The van der Waals surface area contributed by atoms with Crippen molar-refractivity contribution in [2.45, 2.75) is 6.92 Å². The van der Waals surface area contributed by atoms with Crippen LogP contribution in [0.2, 0.25) is 0 Å². The standard InChI is InChI=1S/C13H11BrN4O/c1-2-19-11-6-5-10-13(17-11)18-12(16-10)9-4-3-8(14)7-15-9/h3-7H,2H2,1H3,(H,16,17,18). The first-order valence-electron chi connectivity index (χ1n) is 5.88. The summed E-state index contributed by atoms with van der Waals surface area (Å²) in [6, 6.07) is 7.55. The predicted molar refractivity (Wildman–Crippen MR) is 76.0 cm³/mol. The molecule has 0 unspecified atom stereocenters. The monoisotopic (exact) mass is 318 g/mol. The van der Waals surface area contributed by atoms with Crippen molar-refractivity contribution in [1.29, 1.82) is 0 Å². The molecule has 3 aromatic heterocycles. The molecule has 3 rings (SSSR count). The van der Waals surface area contributed by atoms with E-state index in [4.69, 9.17) is 4.74 Å². The summed E-state index contributed by atoms with van der Waals surface area (Å²) in [4.78, 5) is 16.3. The van der Waals surface area contributed by atoms with Crippen molar-refractivity contribution < 1.29 is 4.74 Å². The zero-order valence-corrected chi connectivity index (χ0v) is 11.8. The summed E-state index contributed by atoms with van der Waals surface area (Å²) in [5.74, 6) is 1.28. The van der Waals surface area contributed by atoms with Crippen LogP contribution < -0.4 is 4.74 Å². The highest BCUT2D eigenvalue weighted by Gasteiger charge is 2.08. The Morgan fingerprint density at radius 3 is 2.84 bits per heavy atom. The third kappa shape index (κ3) is 2.44. The number of fused-ring (bicyclic) bond motifs is 1. The van der Waals surface area contributed by atoms with Crippen molar-refractivity contribution >= 4 is 27.1 Å². The highest BCUT2D eigenvalue weighted by molar-refractivity contribution is 9.10. The van der Waals surface area contributed by atoms with E-state index in [1.807, 2.05) is 31.2 Å². The zero-order chi connectivity index (χ0) is 13.2. The third-order valence-electron chi connectivity index (χ3n) is 2.58. The Morgan fingerprint density at radius 2 is 2.11 bits per heavy atom. The number of nitrogens with one attached hydrogen (secondary N) is 1. The molecule has 3 aromatic rings. The van der Waals surface area contributed by atoms with E-state index in [0.29, 0.717) is 24.0 Å². The molecule has 0 aromatic carbocycles. The predicted octanol–water partition coefficient (Wildman–Crippen LogP) is 3.18. The van der Waals surface area contributed by atoms with Crippen LogP contribution in [0.3, 0.4) is 0 Å². The van der Waals surface area contributed by atoms with Gasteiger partial charge in [-0.05, 0) is 41.1 Å². The van der Waals surface area contributed by atoms with E-state index in [1.165, 1.54) is 0 Å². The quantitative estimate of drug-likeness (QED) is 0.805. The van der Waals surface area contributed by atoms with Gasteiger partial charge in [-0.15, -0.1) is 0 Å². The summed E-state index contributed by atoms with van der Waals surface area (Å²) in [6.07, 6.45) is 1.74. The summed E-state index contributed by atoms with van der Waals surface area (Å²) < 4.78 is 6.29. The van der Waals surface area contributed by atoms with Gasteiger partial charge in [0.25, 0.3) is 0 Å². The Balaban J connectivity index is 2.03. The van der Waals surface area contributed by atoms with Crippen LogP contribution in [0.1, 0.15) is 6.92 Å². The molecule has 19 heavy (non-hydrogen) atoms. The van der Waals surface area contributed by atoms with E-state index in [9.17, 15) is 0 Å². The molecule has 0 radical (unpaired) electrons. The van der Waals surface area contributed by atoms with Gasteiger partial charge < -0.3 is 9.72 Å². The topological polar surface area (TPSA) is 63.7 Å². The van der Waals surface area contributed by atoms with Gasteiger partial charge in [-0.1, -0.05) is 0 Å². The van der Waals surface area contributed by atoms with E-state index < -0.39 is 0 Å². The minimum atomic E-state index is 0.580. The van der Waals surface area contributed by atoms with Gasteiger partial charge in [0.15, 0.2) is 11.5 Å². The first kappa shape index (κ1) is 12.1. The van der Waals surface area contributed by atoms with E-state index in [2.05, 4.69) is 35.9 Å². The number of rotatable bonds is 3. The number of pyridine rings is 2.